The molecule has 1 heterocycles. The molecule has 1 rings (SSSR count). The molecule has 0 radical (unpaired) electrons. The van der Waals surface area contributed by atoms with E-state index >= 15 is 0 Å². The molecular formula is C8H8F7N2+. The van der Waals surface area contributed by atoms with Crippen LogP contribution < -0.4 is 4.57 Å². The number of nitrogens with zero attached hydrogens (tertiary/aromatic N) is 2. The van der Waals surface area contributed by atoms with Gasteiger partial charge in [0, 0.05) is 6.92 Å². The zero-order chi connectivity index (χ0) is 13.6. The Morgan fingerprint density at radius 3 is 1.82 bits per heavy atom. The lowest BCUT2D eigenvalue weighted by Crippen LogP contribution is -2.53. The molecule has 0 spiro atoms. The Morgan fingerprint density at radius 1 is 1.06 bits per heavy atom. The number of aromatic nitrogens is 2. The first-order valence-electron chi connectivity index (χ1n) is 4.29. The van der Waals surface area contributed by atoms with Crippen LogP contribution in [0.25, 0.3) is 0 Å². The summed E-state index contributed by atoms with van der Waals surface area (Å²) in [7, 11) is 1.24. The van der Waals surface area contributed by atoms with Gasteiger partial charge in [-0.05, 0) is 0 Å². The van der Waals surface area contributed by atoms with Crippen molar-refractivity contribution >= 4 is 0 Å². The summed E-state index contributed by atoms with van der Waals surface area (Å²) >= 11 is 0. The number of imidazole rings is 1. The number of hydrogen-bond donors (Lipinski definition) is 0. The summed E-state index contributed by atoms with van der Waals surface area (Å²) in [4.78, 5) is 0. The van der Waals surface area contributed by atoms with Crippen LogP contribution in [0.3, 0.4) is 0 Å². The van der Waals surface area contributed by atoms with Gasteiger partial charge in [-0.1, -0.05) is 0 Å². The molecule has 9 heteroatoms. The molecule has 0 aliphatic carbocycles. The van der Waals surface area contributed by atoms with Crippen LogP contribution in [0.5, 0.6) is 0 Å². The van der Waals surface area contributed by atoms with Gasteiger partial charge < -0.3 is 0 Å². The van der Waals surface area contributed by atoms with Gasteiger partial charge in [0.25, 0.3) is 5.82 Å². The fourth-order valence-electron chi connectivity index (χ4n) is 1.17. The molecule has 1 aromatic heterocycles. The van der Waals surface area contributed by atoms with Gasteiger partial charge in [-0.3, -0.25) is 0 Å². The first-order chi connectivity index (χ1) is 7.43. The van der Waals surface area contributed by atoms with Gasteiger partial charge in [0.2, 0.25) is 0 Å². The Labute approximate surface area is 91.3 Å². The van der Waals surface area contributed by atoms with Gasteiger partial charge in [-0.15, -0.1) is 0 Å². The average molecular weight is 265 g/mol. The van der Waals surface area contributed by atoms with Crippen molar-refractivity contribution in [3.05, 3.63) is 18.2 Å². The Morgan fingerprint density at radius 2 is 1.53 bits per heavy atom. The molecule has 1 aromatic rings. The molecule has 0 saturated heterocycles. The minimum absolute atomic E-state index is 0.402. The summed E-state index contributed by atoms with van der Waals surface area (Å²) in [5, 5.41) is 0. The lowest BCUT2D eigenvalue weighted by atomic mass is 10.2. The molecule has 0 fully saturated rings. The van der Waals surface area contributed by atoms with Crippen LogP contribution in [0.4, 0.5) is 30.7 Å². The molecule has 0 saturated carbocycles. The standard InChI is InChI=1S/C8H8F7N2/c1-5-16(2)3-4-17(5)8(14,15)6(9,10)7(11,12)13/h3-4H,1-2H3/q+1. The van der Waals surface area contributed by atoms with E-state index in [1.54, 1.807) is 0 Å². The first-order valence-corrected chi connectivity index (χ1v) is 4.29. The van der Waals surface area contributed by atoms with E-state index in [4.69, 9.17) is 0 Å². The second kappa shape index (κ2) is 3.61. The molecule has 2 nitrogen and oxygen atoms in total. The maximum atomic E-state index is 13.2. The normalized spacial score (nSPS) is 14.2. The van der Waals surface area contributed by atoms with Crippen molar-refractivity contribution < 1.29 is 35.3 Å². The SMILES string of the molecule is Cc1n(C(F)(F)C(F)(F)C(F)(F)F)cc[n+]1C. The fourth-order valence-corrected chi connectivity index (χ4v) is 1.17. The number of rotatable bonds is 2. The van der Waals surface area contributed by atoms with Crippen LogP contribution in [-0.2, 0) is 13.1 Å². The largest absolute Gasteiger partial charge is 0.472 e. The second-order valence-corrected chi connectivity index (χ2v) is 3.44. The molecule has 98 valence electrons. The zero-order valence-electron chi connectivity index (χ0n) is 8.69. The highest BCUT2D eigenvalue weighted by molar-refractivity contribution is 4.94. The van der Waals surface area contributed by atoms with E-state index in [9.17, 15) is 30.7 Å². The highest BCUT2D eigenvalue weighted by Gasteiger charge is 2.77. The van der Waals surface area contributed by atoms with Gasteiger partial charge >= 0.3 is 18.1 Å². The van der Waals surface area contributed by atoms with Gasteiger partial charge in [0.15, 0.2) is 0 Å². The maximum Gasteiger partial charge on any atom is 0.472 e. The Kier molecular flexibility index (Phi) is 2.92. The molecule has 0 aromatic carbocycles. The van der Waals surface area contributed by atoms with E-state index < -0.39 is 28.5 Å². The van der Waals surface area contributed by atoms with Crippen LogP contribution in [0.2, 0.25) is 0 Å². The predicted molar refractivity (Wildman–Crippen MR) is 41.5 cm³/mol. The van der Waals surface area contributed by atoms with Crippen LogP contribution in [0.1, 0.15) is 5.82 Å². The molecule has 0 amide bonds. The van der Waals surface area contributed by atoms with E-state index in [0.29, 0.717) is 6.20 Å². The number of hydrogen-bond acceptors (Lipinski definition) is 0. The smallest absolute Gasteiger partial charge is 0.237 e. The summed E-state index contributed by atoms with van der Waals surface area (Å²) in [6.45, 7) is 1.00. The van der Waals surface area contributed by atoms with Crippen molar-refractivity contribution in [2.45, 2.75) is 25.1 Å². The highest BCUT2D eigenvalue weighted by Crippen LogP contribution is 2.49. The molecular weight excluding hydrogens is 257 g/mol. The summed E-state index contributed by atoms with van der Waals surface area (Å²) in [6, 6.07) is -5.38. The Hall–Kier alpha value is -1.28. The van der Waals surface area contributed by atoms with Crippen LogP contribution >= 0.6 is 0 Å². The van der Waals surface area contributed by atoms with Crippen molar-refractivity contribution in [1.29, 1.82) is 0 Å². The average Bonchev–Trinajstić information content (AvgIpc) is 2.45. The Balaban J connectivity index is 3.33. The molecule has 0 unspecified atom stereocenters. The van der Waals surface area contributed by atoms with Gasteiger partial charge in [0.1, 0.15) is 12.4 Å². The van der Waals surface area contributed by atoms with E-state index in [-0.39, 0.29) is 0 Å². The first kappa shape index (κ1) is 13.8. The minimum atomic E-state index is -6.33. The third-order valence-corrected chi connectivity index (χ3v) is 2.33. The zero-order valence-corrected chi connectivity index (χ0v) is 8.69. The maximum absolute atomic E-state index is 13.2. The summed E-state index contributed by atoms with van der Waals surface area (Å²) < 4.78 is 88.0. The lowest BCUT2D eigenvalue weighted by molar-refractivity contribution is -0.678. The summed E-state index contributed by atoms with van der Waals surface area (Å²) in [5.74, 6) is -6.57. The van der Waals surface area contributed by atoms with E-state index in [1.807, 2.05) is 0 Å². The summed E-state index contributed by atoms with van der Waals surface area (Å²) in [5.41, 5.74) is 0. The van der Waals surface area contributed by atoms with Gasteiger partial charge in [-0.25, -0.2) is 4.57 Å². The lowest BCUT2D eigenvalue weighted by Gasteiger charge is -2.25. The number of halogens is 7. The molecule has 0 aliphatic heterocycles. The van der Waals surface area contributed by atoms with E-state index in [0.717, 1.165) is 17.7 Å². The summed E-state index contributed by atoms with van der Waals surface area (Å²) in [6.07, 6.45) is -4.91. The fraction of sp³-hybridized carbons (Fsp3) is 0.625. The van der Waals surface area contributed by atoms with Gasteiger partial charge in [0.05, 0.1) is 7.05 Å². The molecule has 0 N–H and O–H groups in total. The van der Waals surface area contributed by atoms with E-state index in [2.05, 4.69) is 0 Å². The van der Waals surface area contributed by atoms with Crippen molar-refractivity contribution in [3.8, 4) is 0 Å². The van der Waals surface area contributed by atoms with E-state index in [1.165, 1.54) is 7.05 Å². The number of aryl methyl sites for hydroxylation is 1. The van der Waals surface area contributed by atoms with Crippen LogP contribution in [0.15, 0.2) is 12.4 Å². The minimum Gasteiger partial charge on any atom is -0.237 e. The molecule has 0 bridgehead atoms. The topological polar surface area (TPSA) is 8.81 Å². The quantitative estimate of drug-likeness (QED) is 0.573. The Bertz CT molecular complexity index is 418. The second-order valence-electron chi connectivity index (χ2n) is 3.44. The third-order valence-electron chi connectivity index (χ3n) is 2.33. The van der Waals surface area contributed by atoms with Crippen molar-refractivity contribution in [3.63, 3.8) is 0 Å². The predicted octanol–water partition coefficient (Wildman–Crippen LogP) is 2.37. The van der Waals surface area contributed by atoms with Crippen molar-refractivity contribution in [1.82, 2.24) is 4.57 Å². The van der Waals surface area contributed by atoms with Crippen molar-refractivity contribution in [2.24, 2.45) is 7.05 Å². The van der Waals surface area contributed by atoms with Crippen LogP contribution in [0, 0.1) is 6.92 Å². The molecule has 0 aliphatic rings. The van der Waals surface area contributed by atoms with Gasteiger partial charge in [-0.2, -0.15) is 35.3 Å². The highest BCUT2D eigenvalue weighted by atomic mass is 19.4. The number of alkyl halides is 7. The molecule has 17 heavy (non-hydrogen) atoms. The molecule has 0 atom stereocenters. The van der Waals surface area contributed by atoms with Crippen molar-refractivity contribution in [2.75, 3.05) is 0 Å². The monoisotopic (exact) mass is 265 g/mol. The third kappa shape index (κ3) is 1.87. The van der Waals surface area contributed by atoms with Crippen LogP contribution in [-0.4, -0.2) is 16.7 Å².